The molecule has 1 aromatic heterocycles. The molecule has 2 rings (SSSR count). The fraction of sp³-hybridized carbons (Fsp3) is 0.0667. The lowest BCUT2D eigenvalue weighted by Gasteiger charge is -2.04. The molecule has 1 heterocycles. The van der Waals surface area contributed by atoms with Gasteiger partial charge >= 0.3 is 0 Å². The maximum atomic E-state index is 11.8. The molecule has 0 atom stereocenters. The van der Waals surface area contributed by atoms with Crippen LogP contribution < -0.4 is 10.7 Å². The zero-order chi connectivity index (χ0) is 15.8. The Bertz CT molecular complexity index is 672. The molecule has 112 valence electrons. The summed E-state index contributed by atoms with van der Waals surface area (Å²) in [5, 5.41) is 6.80. The van der Waals surface area contributed by atoms with Gasteiger partial charge in [0.05, 0.1) is 12.8 Å². The third-order valence-electron chi connectivity index (χ3n) is 2.60. The number of nitrogens with zero attached hydrogens (tertiary/aromatic N) is 2. The minimum atomic E-state index is -0.428. The van der Waals surface area contributed by atoms with E-state index in [9.17, 15) is 9.59 Å². The topological polar surface area (TPSA) is 83.5 Å². The van der Waals surface area contributed by atoms with Gasteiger partial charge in [0, 0.05) is 28.5 Å². The van der Waals surface area contributed by atoms with Crippen LogP contribution in [0.1, 0.15) is 15.9 Å². The molecule has 2 aromatic rings. The fourth-order valence-electron chi connectivity index (χ4n) is 1.53. The van der Waals surface area contributed by atoms with Gasteiger partial charge in [-0.15, -0.1) is 0 Å². The second-order valence-electron chi connectivity index (χ2n) is 4.27. The summed E-state index contributed by atoms with van der Waals surface area (Å²) in [6.07, 6.45) is 4.71. The van der Waals surface area contributed by atoms with Gasteiger partial charge in [0.1, 0.15) is 0 Å². The molecule has 0 bridgehead atoms. The number of aromatic nitrogens is 1. The summed E-state index contributed by atoms with van der Waals surface area (Å²) in [7, 11) is 0. The summed E-state index contributed by atoms with van der Waals surface area (Å²) in [4.78, 5) is 27.2. The maximum Gasteiger partial charge on any atom is 0.259 e. The van der Waals surface area contributed by atoms with Crippen molar-refractivity contribution in [1.29, 1.82) is 0 Å². The summed E-state index contributed by atoms with van der Waals surface area (Å²) < 4.78 is 0. The minimum Gasteiger partial charge on any atom is -0.343 e. The van der Waals surface area contributed by atoms with Gasteiger partial charge in [0.15, 0.2) is 0 Å². The first-order valence-electron chi connectivity index (χ1n) is 6.41. The first-order valence-corrected chi connectivity index (χ1v) is 6.78. The Labute approximate surface area is 132 Å². The van der Waals surface area contributed by atoms with Crippen LogP contribution in [0, 0.1) is 0 Å². The van der Waals surface area contributed by atoms with E-state index in [2.05, 4.69) is 20.8 Å². The third-order valence-corrected chi connectivity index (χ3v) is 2.86. The zero-order valence-corrected chi connectivity index (χ0v) is 12.2. The fourth-order valence-corrected chi connectivity index (χ4v) is 1.66. The highest BCUT2D eigenvalue weighted by atomic mass is 35.5. The number of halogens is 1. The first kappa shape index (κ1) is 15.7. The summed E-state index contributed by atoms with van der Waals surface area (Å²) in [6, 6.07) is 9.93. The largest absolute Gasteiger partial charge is 0.343 e. The Balaban J connectivity index is 1.77. The molecule has 0 aliphatic heterocycles. The van der Waals surface area contributed by atoms with E-state index in [1.54, 1.807) is 48.8 Å². The van der Waals surface area contributed by atoms with Crippen molar-refractivity contribution in [3.8, 4) is 0 Å². The van der Waals surface area contributed by atoms with Crippen molar-refractivity contribution in [2.75, 3.05) is 6.54 Å². The molecule has 0 fully saturated rings. The van der Waals surface area contributed by atoms with E-state index in [0.717, 1.165) is 5.56 Å². The molecule has 0 radical (unpaired) electrons. The summed E-state index contributed by atoms with van der Waals surface area (Å²) in [5.74, 6) is -0.787. The number of pyridine rings is 1. The number of hydrogen-bond acceptors (Lipinski definition) is 4. The summed E-state index contributed by atoms with van der Waals surface area (Å²) in [5.41, 5.74) is 3.50. The van der Waals surface area contributed by atoms with E-state index in [4.69, 9.17) is 11.6 Å². The van der Waals surface area contributed by atoms with Crippen molar-refractivity contribution in [2.24, 2.45) is 5.10 Å². The van der Waals surface area contributed by atoms with Crippen molar-refractivity contribution in [1.82, 2.24) is 15.7 Å². The SMILES string of the molecule is O=C(CNC(=O)c1ccc(Cl)cc1)NN=Cc1cccnc1. The average molecular weight is 317 g/mol. The number of hydrogen-bond donors (Lipinski definition) is 2. The Morgan fingerprint density at radius 3 is 2.68 bits per heavy atom. The van der Waals surface area contributed by atoms with E-state index in [1.807, 2.05) is 0 Å². The van der Waals surface area contributed by atoms with Gasteiger partial charge in [0.2, 0.25) is 0 Å². The molecular formula is C15H13ClN4O2. The number of carbonyl (C=O) groups is 2. The zero-order valence-electron chi connectivity index (χ0n) is 11.5. The molecule has 1 aromatic carbocycles. The second-order valence-corrected chi connectivity index (χ2v) is 4.71. The smallest absolute Gasteiger partial charge is 0.259 e. The predicted octanol–water partition coefficient (Wildman–Crippen LogP) is 1.62. The molecular weight excluding hydrogens is 304 g/mol. The number of nitrogens with one attached hydrogen (secondary N) is 2. The van der Waals surface area contributed by atoms with Gasteiger partial charge in [0.25, 0.3) is 11.8 Å². The van der Waals surface area contributed by atoms with Crippen LogP contribution in [-0.4, -0.2) is 29.6 Å². The molecule has 22 heavy (non-hydrogen) atoms. The Morgan fingerprint density at radius 1 is 1.23 bits per heavy atom. The maximum absolute atomic E-state index is 11.8. The molecule has 0 aliphatic carbocycles. The lowest BCUT2D eigenvalue weighted by atomic mass is 10.2. The van der Waals surface area contributed by atoms with Gasteiger partial charge in [-0.1, -0.05) is 17.7 Å². The van der Waals surface area contributed by atoms with Gasteiger partial charge in [-0.05, 0) is 30.3 Å². The van der Waals surface area contributed by atoms with Crippen molar-refractivity contribution in [3.63, 3.8) is 0 Å². The van der Waals surface area contributed by atoms with E-state index in [-0.39, 0.29) is 12.5 Å². The summed E-state index contributed by atoms with van der Waals surface area (Å²) >= 11 is 5.74. The Morgan fingerprint density at radius 2 is 2.00 bits per heavy atom. The average Bonchev–Trinajstić information content (AvgIpc) is 2.54. The van der Waals surface area contributed by atoms with Gasteiger partial charge in [-0.25, -0.2) is 5.43 Å². The quantitative estimate of drug-likeness (QED) is 0.649. The van der Waals surface area contributed by atoms with Crippen molar-refractivity contribution < 1.29 is 9.59 Å². The molecule has 2 N–H and O–H groups in total. The van der Waals surface area contributed by atoms with Crippen molar-refractivity contribution in [3.05, 3.63) is 64.9 Å². The number of carbonyl (C=O) groups excluding carboxylic acids is 2. The van der Waals surface area contributed by atoms with Crippen LogP contribution in [0.15, 0.2) is 53.9 Å². The predicted molar refractivity (Wildman–Crippen MR) is 83.8 cm³/mol. The molecule has 0 aliphatic rings. The van der Waals surface area contributed by atoms with E-state index < -0.39 is 5.91 Å². The highest BCUT2D eigenvalue weighted by Crippen LogP contribution is 2.09. The van der Waals surface area contributed by atoms with Gasteiger partial charge in [-0.3, -0.25) is 14.6 Å². The van der Waals surface area contributed by atoms with Crippen LogP contribution in [0.25, 0.3) is 0 Å². The molecule has 0 spiro atoms. The van der Waals surface area contributed by atoms with Crippen molar-refractivity contribution >= 4 is 29.6 Å². The van der Waals surface area contributed by atoms with Crippen LogP contribution >= 0.6 is 11.6 Å². The molecule has 0 unspecified atom stereocenters. The Kier molecular flexibility index (Phi) is 5.62. The van der Waals surface area contributed by atoms with E-state index in [1.165, 1.54) is 6.21 Å². The summed E-state index contributed by atoms with van der Waals surface area (Å²) in [6.45, 7) is -0.175. The number of rotatable bonds is 5. The lowest BCUT2D eigenvalue weighted by molar-refractivity contribution is -0.120. The first-order chi connectivity index (χ1) is 10.6. The Hall–Kier alpha value is -2.73. The highest BCUT2D eigenvalue weighted by molar-refractivity contribution is 6.30. The molecule has 6 nitrogen and oxygen atoms in total. The van der Waals surface area contributed by atoms with Gasteiger partial charge < -0.3 is 5.32 Å². The number of amides is 2. The number of benzene rings is 1. The molecule has 0 saturated carbocycles. The highest BCUT2D eigenvalue weighted by Gasteiger charge is 2.07. The normalized spacial score (nSPS) is 10.4. The van der Waals surface area contributed by atoms with Crippen molar-refractivity contribution in [2.45, 2.75) is 0 Å². The van der Waals surface area contributed by atoms with E-state index >= 15 is 0 Å². The van der Waals surface area contributed by atoms with E-state index in [0.29, 0.717) is 10.6 Å². The van der Waals surface area contributed by atoms with Gasteiger partial charge in [-0.2, -0.15) is 5.10 Å². The minimum absolute atomic E-state index is 0.175. The standard InChI is InChI=1S/C15H13ClN4O2/c16-13-5-3-12(4-6-13)15(22)18-10-14(21)20-19-9-11-2-1-7-17-8-11/h1-9H,10H2,(H,18,22)(H,20,21). The lowest BCUT2D eigenvalue weighted by Crippen LogP contribution is -2.34. The van der Waals surface area contributed by atoms with Crippen LogP contribution in [-0.2, 0) is 4.79 Å². The second kappa shape index (κ2) is 7.90. The van der Waals surface area contributed by atoms with Crippen LogP contribution in [0.5, 0.6) is 0 Å². The van der Waals surface area contributed by atoms with Crippen LogP contribution in [0.4, 0.5) is 0 Å². The number of hydrazone groups is 1. The van der Waals surface area contributed by atoms with Crippen LogP contribution in [0.2, 0.25) is 5.02 Å². The molecule has 7 heteroatoms. The third kappa shape index (κ3) is 4.99. The molecule has 0 saturated heterocycles. The van der Waals surface area contributed by atoms with Crippen LogP contribution in [0.3, 0.4) is 0 Å². The monoisotopic (exact) mass is 316 g/mol. The molecule has 2 amide bonds.